The van der Waals surface area contributed by atoms with Gasteiger partial charge >= 0.3 is 0 Å². The first kappa shape index (κ1) is 10.9. The van der Waals surface area contributed by atoms with E-state index in [4.69, 9.17) is 11.0 Å². The topological polar surface area (TPSA) is 82.7 Å². The second-order valence-electron chi connectivity index (χ2n) is 3.06. The summed E-state index contributed by atoms with van der Waals surface area (Å²) in [5, 5.41) is 8.94. The summed E-state index contributed by atoms with van der Waals surface area (Å²) in [6.45, 7) is 0. The second-order valence-corrected chi connectivity index (χ2v) is 5.52. The van der Waals surface area contributed by atoms with Gasteiger partial charge in [-0.05, 0) is 34.1 Å². The third kappa shape index (κ3) is 1.87. The number of anilines is 1. The number of hydrogen-bond acceptors (Lipinski definition) is 4. The number of hydrogen-bond donors (Lipinski definition) is 2. The summed E-state index contributed by atoms with van der Waals surface area (Å²) < 4.78 is 0.935. The molecule has 0 aliphatic rings. The molecule has 2 aromatic heterocycles. The Balaban J connectivity index is 2.74. The third-order valence-electron chi connectivity index (χ3n) is 2.00. The molecule has 4 nitrogen and oxygen atoms in total. The molecule has 0 saturated heterocycles. The third-order valence-corrected chi connectivity index (χ3v) is 3.66. The molecule has 2 heterocycles. The van der Waals surface area contributed by atoms with Gasteiger partial charge in [0.15, 0.2) is 0 Å². The zero-order valence-corrected chi connectivity index (χ0v) is 10.4. The molecular weight excluding hydrogens is 290 g/mol. The zero-order chi connectivity index (χ0) is 11.7. The van der Waals surface area contributed by atoms with Crippen LogP contribution in [0.2, 0.25) is 0 Å². The quantitative estimate of drug-likeness (QED) is 0.847. The molecule has 0 amide bonds. The van der Waals surface area contributed by atoms with Crippen molar-refractivity contribution in [2.45, 2.75) is 0 Å². The van der Waals surface area contributed by atoms with Gasteiger partial charge in [0, 0.05) is 10.4 Å². The van der Waals surface area contributed by atoms with Gasteiger partial charge in [-0.15, -0.1) is 11.3 Å². The van der Waals surface area contributed by atoms with Crippen molar-refractivity contribution in [2.75, 3.05) is 5.73 Å². The lowest BCUT2D eigenvalue weighted by molar-refractivity contribution is 1.23. The Hall–Kier alpha value is -1.58. The van der Waals surface area contributed by atoms with E-state index < -0.39 is 5.56 Å². The van der Waals surface area contributed by atoms with E-state index in [2.05, 4.69) is 20.9 Å². The predicted molar refractivity (Wildman–Crippen MR) is 67.2 cm³/mol. The molecule has 0 unspecified atom stereocenters. The molecule has 0 spiro atoms. The van der Waals surface area contributed by atoms with Crippen LogP contribution >= 0.6 is 27.3 Å². The standard InChI is InChI=1S/C10H6BrN3OS/c11-8-2-1-7(16-8)5-3-9(13)14-10(15)6(5)4-12/h1-3H,(H3,13,14,15). The van der Waals surface area contributed by atoms with Crippen molar-refractivity contribution >= 4 is 33.1 Å². The van der Waals surface area contributed by atoms with Crippen molar-refractivity contribution in [1.29, 1.82) is 5.26 Å². The van der Waals surface area contributed by atoms with Gasteiger partial charge in [0.2, 0.25) is 0 Å². The van der Waals surface area contributed by atoms with Crippen LogP contribution in [0.1, 0.15) is 5.56 Å². The summed E-state index contributed by atoms with van der Waals surface area (Å²) in [6.07, 6.45) is 0. The molecule has 80 valence electrons. The van der Waals surface area contributed by atoms with Crippen LogP contribution in [0.4, 0.5) is 5.82 Å². The highest BCUT2D eigenvalue weighted by Gasteiger charge is 2.11. The van der Waals surface area contributed by atoms with Gasteiger partial charge in [0.25, 0.3) is 5.56 Å². The number of rotatable bonds is 1. The summed E-state index contributed by atoms with van der Waals surface area (Å²) in [5.74, 6) is 0.253. The van der Waals surface area contributed by atoms with E-state index >= 15 is 0 Å². The maximum absolute atomic E-state index is 11.5. The molecule has 0 aliphatic heterocycles. The number of nitrogens with one attached hydrogen (secondary N) is 1. The number of aromatic amines is 1. The van der Waals surface area contributed by atoms with Gasteiger partial charge in [-0.2, -0.15) is 5.26 Å². The van der Waals surface area contributed by atoms with Crippen molar-refractivity contribution in [3.63, 3.8) is 0 Å². The van der Waals surface area contributed by atoms with E-state index in [1.807, 2.05) is 18.2 Å². The minimum absolute atomic E-state index is 0.0866. The van der Waals surface area contributed by atoms with Gasteiger partial charge in [0.05, 0.1) is 3.79 Å². The van der Waals surface area contributed by atoms with Gasteiger partial charge < -0.3 is 10.7 Å². The molecule has 2 aromatic rings. The van der Waals surface area contributed by atoms with Crippen LogP contribution in [0.15, 0.2) is 26.8 Å². The van der Waals surface area contributed by atoms with E-state index in [0.717, 1.165) is 8.66 Å². The summed E-state index contributed by atoms with van der Waals surface area (Å²) in [5.41, 5.74) is 5.75. The summed E-state index contributed by atoms with van der Waals surface area (Å²) in [4.78, 5) is 14.7. The van der Waals surface area contributed by atoms with Gasteiger partial charge in [-0.25, -0.2) is 0 Å². The summed E-state index contributed by atoms with van der Waals surface area (Å²) >= 11 is 4.78. The maximum Gasteiger partial charge on any atom is 0.268 e. The predicted octanol–water partition coefficient (Wildman–Crippen LogP) is 2.32. The first-order valence-corrected chi connectivity index (χ1v) is 5.91. The number of H-pyrrole nitrogens is 1. The molecule has 0 fully saturated rings. The zero-order valence-electron chi connectivity index (χ0n) is 7.95. The number of nitrogens with two attached hydrogens (primary N) is 1. The largest absolute Gasteiger partial charge is 0.385 e. The second kappa shape index (κ2) is 4.12. The fourth-order valence-electron chi connectivity index (χ4n) is 1.34. The SMILES string of the molecule is N#Cc1c(-c2ccc(Br)s2)cc(N)[nH]c1=O. The molecule has 2 rings (SSSR count). The molecule has 0 aromatic carbocycles. The minimum atomic E-state index is -0.456. The number of nitrogens with zero attached hydrogens (tertiary/aromatic N) is 1. The van der Waals surface area contributed by atoms with Crippen molar-refractivity contribution in [1.82, 2.24) is 4.98 Å². The first-order valence-electron chi connectivity index (χ1n) is 4.30. The lowest BCUT2D eigenvalue weighted by Gasteiger charge is -2.01. The summed E-state index contributed by atoms with van der Waals surface area (Å²) in [6, 6.07) is 7.18. The number of halogens is 1. The van der Waals surface area contributed by atoms with Crippen LogP contribution in [0.5, 0.6) is 0 Å². The number of pyridine rings is 1. The maximum atomic E-state index is 11.5. The Morgan fingerprint density at radius 2 is 2.25 bits per heavy atom. The minimum Gasteiger partial charge on any atom is -0.385 e. The molecule has 0 aliphatic carbocycles. The van der Waals surface area contributed by atoms with E-state index in [9.17, 15) is 4.79 Å². The van der Waals surface area contributed by atoms with Gasteiger partial charge in [-0.1, -0.05) is 0 Å². The smallest absolute Gasteiger partial charge is 0.268 e. The van der Waals surface area contributed by atoms with Crippen LogP contribution in [0.3, 0.4) is 0 Å². The van der Waals surface area contributed by atoms with Crippen LogP contribution in [0, 0.1) is 11.3 Å². The average Bonchev–Trinajstić information content (AvgIpc) is 2.63. The molecule has 0 bridgehead atoms. The van der Waals surface area contributed by atoms with Crippen molar-refractivity contribution in [2.24, 2.45) is 0 Å². The highest BCUT2D eigenvalue weighted by molar-refractivity contribution is 9.11. The van der Waals surface area contributed by atoms with Crippen LogP contribution in [-0.4, -0.2) is 4.98 Å². The molecule has 3 N–H and O–H groups in total. The van der Waals surface area contributed by atoms with Crippen LogP contribution in [0.25, 0.3) is 10.4 Å². The Morgan fingerprint density at radius 3 is 2.81 bits per heavy atom. The van der Waals surface area contributed by atoms with E-state index in [-0.39, 0.29) is 11.4 Å². The Kier molecular flexibility index (Phi) is 2.81. The highest BCUT2D eigenvalue weighted by Crippen LogP contribution is 2.32. The molecule has 16 heavy (non-hydrogen) atoms. The number of nitrogen functional groups attached to an aromatic ring is 1. The Labute approximate surface area is 103 Å². The Bertz CT molecular complexity index is 638. The molecule has 0 saturated carbocycles. The number of thiophene rings is 1. The van der Waals surface area contributed by atoms with Crippen LogP contribution < -0.4 is 11.3 Å². The van der Waals surface area contributed by atoms with E-state index in [1.165, 1.54) is 11.3 Å². The lowest BCUT2D eigenvalue weighted by Crippen LogP contribution is -2.13. The molecule has 0 radical (unpaired) electrons. The van der Waals surface area contributed by atoms with Crippen molar-refractivity contribution < 1.29 is 0 Å². The van der Waals surface area contributed by atoms with Gasteiger partial charge in [0.1, 0.15) is 17.5 Å². The van der Waals surface area contributed by atoms with Gasteiger partial charge in [-0.3, -0.25) is 4.79 Å². The number of nitriles is 1. The average molecular weight is 296 g/mol. The first-order chi connectivity index (χ1) is 7.61. The lowest BCUT2D eigenvalue weighted by atomic mass is 10.1. The van der Waals surface area contributed by atoms with Crippen LogP contribution in [-0.2, 0) is 0 Å². The fraction of sp³-hybridized carbons (Fsp3) is 0. The normalized spacial score (nSPS) is 10.0. The van der Waals surface area contributed by atoms with Crippen molar-refractivity contribution in [3.05, 3.63) is 37.9 Å². The van der Waals surface area contributed by atoms with E-state index in [1.54, 1.807) is 6.07 Å². The molecule has 6 heteroatoms. The monoisotopic (exact) mass is 295 g/mol. The number of aromatic nitrogens is 1. The van der Waals surface area contributed by atoms with E-state index in [0.29, 0.717) is 5.56 Å². The molecule has 0 atom stereocenters. The fourth-order valence-corrected chi connectivity index (χ4v) is 2.75. The molecular formula is C10H6BrN3OS. The van der Waals surface area contributed by atoms with Crippen molar-refractivity contribution in [3.8, 4) is 16.5 Å². The Morgan fingerprint density at radius 1 is 1.50 bits per heavy atom. The highest BCUT2D eigenvalue weighted by atomic mass is 79.9. The summed E-state index contributed by atoms with van der Waals surface area (Å²) in [7, 11) is 0.